The fourth-order valence-corrected chi connectivity index (χ4v) is 3.51. The fraction of sp³-hybridized carbons (Fsp3) is 0.200. The first kappa shape index (κ1) is 17.4. The van der Waals surface area contributed by atoms with Crippen molar-refractivity contribution in [2.75, 3.05) is 5.75 Å². The molecule has 0 aliphatic carbocycles. The summed E-state index contributed by atoms with van der Waals surface area (Å²) in [5, 5.41) is 9.82. The molecule has 3 nitrogen and oxygen atoms in total. The van der Waals surface area contributed by atoms with E-state index in [1.807, 2.05) is 0 Å². The second-order valence-corrected chi connectivity index (χ2v) is 7.09. The molecule has 8 heteroatoms. The minimum absolute atomic E-state index is 0.0178. The molecule has 124 valence electrons. The van der Waals surface area contributed by atoms with Crippen molar-refractivity contribution in [1.29, 1.82) is 0 Å². The van der Waals surface area contributed by atoms with E-state index in [-0.39, 0.29) is 5.56 Å². The normalized spacial score (nSPS) is 13.1. The third-order valence-electron chi connectivity index (χ3n) is 3.10. The number of sulfone groups is 1. The quantitative estimate of drug-likeness (QED) is 0.846. The molecule has 1 atom stereocenters. The molecule has 0 saturated carbocycles. The Morgan fingerprint density at radius 3 is 2.22 bits per heavy atom. The monoisotopic (exact) mass is 348 g/mol. The Balaban J connectivity index is 2.17. The molecule has 0 bridgehead atoms. The molecular weight excluding hydrogens is 336 g/mol. The average Bonchev–Trinajstić information content (AvgIpc) is 2.44. The molecule has 1 unspecified atom stereocenters. The zero-order valence-electron chi connectivity index (χ0n) is 11.6. The van der Waals surface area contributed by atoms with Crippen molar-refractivity contribution in [3.05, 3.63) is 70.8 Å². The van der Waals surface area contributed by atoms with Crippen molar-refractivity contribution < 1.29 is 31.1 Å². The van der Waals surface area contributed by atoms with Crippen LogP contribution in [0.4, 0.5) is 17.6 Å². The number of hydrogen-bond acceptors (Lipinski definition) is 3. The summed E-state index contributed by atoms with van der Waals surface area (Å²) in [5.41, 5.74) is -0.505. The maximum absolute atomic E-state index is 13.5. The van der Waals surface area contributed by atoms with Crippen LogP contribution in [0.3, 0.4) is 0 Å². The number of rotatable bonds is 5. The van der Waals surface area contributed by atoms with Gasteiger partial charge >= 0.3 is 0 Å². The van der Waals surface area contributed by atoms with E-state index >= 15 is 0 Å². The Morgan fingerprint density at radius 1 is 0.913 bits per heavy atom. The second kappa shape index (κ2) is 6.67. The van der Waals surface area contributed by atoms with Crippen LogP contribution in [-0.4, -0.2) is 19.3 Å². The Bertz CT molecular complexity index is 821. The van der Waals surface area contributed by atoms with Crippen LogP contribution in [0.15, 0.2) is 36.4 Å². The SMILES string of the molecule is O=S(=O)(Cc1ccc(F)c(F)c1)CC(O)c1cc(F)ccc1F. The first-order valence-corrected chi connectivity index (χ1v) is 8.27. The predicted octanol–water partition coefficient (Wildman–Crippen LogP) is 2.89. The Hall–Kier alpha value is -1.93. The van der Waals surface area contributed by atoms with Crippen molar-refractivity contribution in [2.24, 2.45) is 0 Å². The van der Waals surface area contributed by atoms with E-state index < -0.39 is 56.3 Å². The Labute approximate surface area is 130 Å². The smallest absolute Gasteiger partial charge is 0.159 e. The zero-order chi connectivity index (χ0) is 17.2. The van der Waals surface area contributed by atoms with Gasteiger partial charge in [0.25, 0.3) is 0 Å². The lowest BCUT2D eigenvalue weighted by Gasteiger charge is -2.13. The minimum atomic E-state index is -3.97. The molecule has 23 heavy (non-hydrogen) atoms. The summed E-state index contributed by atoms with van der Waals surface area (Å²) in [6, 6.07) is 4.90. The largest absolute Gasteiger partial charge is 0.387 e. The standard InChI is InChI=1S/C15H12F4O3S/c16-10-2-4-12(17)11(6-10)15(20)8-23(21,22)7-9-1-3-13(18)14(19)5-9/h1-6,15,20H,7-8H2. The topological polar surface area (TPSA) is 54.4 Å². The molecule has 0 saturated heterocycles. The third-order valence-corrected chi connectivity index (χ3v) is 4.70. The second-order valence-electron chi connectivity index (χ2n) is 4.98. The summed E-state index contributed by atoms with van der Waals surface area (Å²) in [7, 11) is -3.97. The molecule has 2 aromatic carbocycles. The summed E-state index contributed by atoms with van der Waals surface area (Å²) < 4.78 is 76.4. The summed E-state index contributed by atoms with van der Waals surface area (Å²) >= 11 is 0. The first-order chi connectivity index (χ1) is 10.7. The van der Waals surface area contributed by atoms with Crippen LogP contribution in [0.25, 0.3) is 0 Å². The predicted molar refractivity (Wildman–Crippen MR) is 75.2 cm³/mol. The van der Waals surface area contributed by atoms with E-state index in [9.17, 15) is 31.1 Å². The van der Waals surface area contributed by atoms with Crippen LogP contribution in [0.1, 0.15) is 17.2 Å². The summed E-state index contributed by atoms with van der Waals surface area (Å²) in [6.07, 6.45) is -1.78. The fourth-order valence-electron chi connectivity index (χ4n) is 2.04. The van der Waals surface area contributed by atoms with Gasteiger partial charge in [-0.25, -0.2) is 26.0 Å². The van der Waals surface area contributed by atoms with Crippen LogP contribution in [0.2, 0.25) is 0 Å². The molecule has 2 rings (SSSR count). The maximum Gasteiger partial charge on any atom is 0.159 e. The van der Waals surface area contributed by atoms with Gasteiger partial charge < -0.3 is 5.11 Å². The molecule has 0 heterocycles. The van der Waals surface area contributed by atoms with Gasteiger partial charge in [-0.15, -0.1) is 0 Å². The van der Waals surface area contributed by atoms with Gasteiger partial charge in [-0.1, -0.05) is 6.07 Å². The number of aliphatic hydroxyl groups excluding tert-OH is 1. The van der Waals surface area contributed by atoms with E-state index in [0.717, 1.165) is 30.3 Å². The molecule has 0 spiro atoms. The average molecular weight is 348 g/mol. The number of halogens is 4. The molecule has 0 aliphatic rings. The van der Waals surface area contributed by atoms with E-state index in [2.05, 4.69) is 0 Å². The first-order valence-electron chi connectivity index (χ1n) is 6.45. The summed E-state index contributed by atoms with van der Waals surface area (Å²) in [5.74, 6) is -5.63. The van der Waals surface area contributed by atoms with Gasteiger partial charge in [0.1, 0.15) is 11.6 Å². The lowest BCUT2D eigenvalue weighted by Crippen LogP contribution is -2.17. The molecule has 0 radical (unpaired) electrons. The molecule has 0 amide bonds. The minimum Gasteiger partial charge on any atom is -0.387 e. The van der Waals surface area contributed by atoms with Crippen LogP contribution in [0.5, 0.6) is 0 Å². The lowest BCUT2D eigenvalue weighted by atomic mass is 10.1. The van der Waals surface area contributed by atoms with Crippen LogP contribution < -0.4 is 0 Å². The summed E-state index contributed by atoms with van der Waals surface area (Å²) in [6.45, 7) is 0. The van der Waals surface area contributed by atoms with E-state index in [0.29, 0.717) is 6.07 Å². The third kappa shape index (κ3) is 4.52. The Kier molecular flexibility index (Phi) is 5.06. The van der Waals surface area contributed by atoms with Gasteiger partial charge in [-0.2, -0.15) is 0 Å². The van der Waals surface area contributed by atoms with E-state index in [1.54, 1.807) is 0 Å². The van der Waals surface area contributed by atoms with Gasteiger partial charge in [0.2, 0.25) is 0 Å². The number of benzene rings is 2. The number of hydrogen-bond donors (Lipinski definition) is 1. The van der Waals surface area contributed by atoms with Crippen molar-refractivity contribution in [3.63, 3.8) is 0 Å². The molecule has 0 aromatic heterocycles. The van der Waals surface area contributed by atoms with Gasteiger partial charge in [0.15, 0.2) is 21.5 Å². The van der Waals surface area contributed by atoms with Crippen molar-refractivity contribution >= 4 is 9.84 Å². The van der Waals surface area contributed by atoms with Gasteiger partial charge in [-0.05, 0) is 35.9 Å². The molecular formula is C15H12F4O3S. The Morgan fingerprint density at radius 2 is 1.57 bits per heavy atom. The molecule has 0 fully saturated rings. The van der Waals surface area contributed by atoms with E-state index in [4.69, 9.17) is 0 Å². The molecule has 2 aromatic rings. The number of aliphatic hydroxyl groups is 1. The van der Waals surface area contributed by atoms with Gasteiger partial charge in [0, 0.05) is 5.56 Å². The molecule has 1 N–H and O–H groups in total. The highest BCUT2D eigenvalue weighted by molar-refractivity contribution is 7.90. The van der Waals surface area contributed by atoms with Crippen molar-refractivity contribution in [2.45, 2.75) is 11.9 Å². The highest BCUT2D eigenvalue weighted by Gasteiger charge is 2.22. The van der Waals surface area contributed by atoms with Crippen LogP contribution in [-0.2, 0) is 15.6 Å². The van der Waals surface area contributed by atoms with Crippen LogP contribution >= 0.6 is 0 Å². The van der Waals surface area contributed by atoms with E-state index in [1.165, 1.54) is 0 Å². The van der Waals surface area contributed by atoms with Gasteiger partial charge in [0.05, 0.1) is 17.6 Å². The van der Waals surface area contributed by atoms with Crippen molar-refractivity contribution in [1.82, 2.24) is 0 Å². The zero-order valence-corrected chi connectivity index (χ0v) is 12.5. The lowest BCUT2D eigenvalue weighted by molar-refractivity contribution is 0.196. The molecule has 0 aliphatic heterocycles. The van der Waals surface area contributed by atoms with Crippen LogP contribution in [0, 0.1) is 23.3 Å². The van der Waals surface area contributed by atoms with Gasteiger partial charge in [-0.3, -0.25) is 0 Å². The summed E-state index contributed by atoms with van der Waals surface area (Å²) in [4.78, 5) is 0. The highest BCUT2D eigenvalue weighted by Crippen LogP contribution is 2.21. The van der Waals surface area contributed by atoms with Crippen molar-refractivity contribution in [3.8, 4) is 0 Å². The highest BCUT2D eigenvalue weighted by atomic mass is 32.2. The maximum atomic E-state index is 13.5.